The largest absolute Gasteiger partial charge is 0.495 e. The second-order valence-electron chi connectivity index (χ2n) is 7.06. The molecule has 0 saturated carbocycles. The van der Waals surface area contributed by atoms with Crippen LogP contribution in [0.15, 0.2) is 42.5 Å². The summed E-state index contributed by atoms with van der Waals surface area (Å²) in [5, 5.41) is 3.12. The van der Waals surface area contributed by atoms with Crippen molar-refractivity contribution in [3.63, 3.8) is 0 Å². The van der Waals surface area contributed by atoms with Crippen molar-refractivity contribution in [1.29, 1.82) is 0 Å². The molecule has 0 fully saturated rings. The first kappa shape index (κ1) is 23.0. The molecule has 2 aromatic carbocycles. The molecule has 0 bridgehead atoms. The van der Waals surface area contributed by atoms with E-state index in [1.165, 1.54) is 17.5 Å². The number of carbonyl (C=O) groups excluding carboxylic acids is 1. The number of anilines is 1. The van der Waals surface area contributed by atoms with Crippen molar-refractivity contribution in [3.05, 3.63) is 47.5 Å². The summed E-state index contributed by atoms with van der Waals surface area (Å²) in [6.07, 6.45) is 1.34. The van der Waals surface area contributed by atoms with E-state index in [1.54, 1.807) is 12.1 Å². The van der Waals surface area contributed by atoms with Crippen LogP contribution in [0.1, 0.15) is 12.8 Å². The van der Waals surface area contributed by atoms with Crippen LogP contribution >= 0.6 is 11.6 Å². The van der Waals surface area contributed by atoms with Crippen molar-refractivity contribution in [2.24, 2.45) is 0 Å². The van der Waals surface area contributed by atoms with Gasteiger partial charge < -0.3 is 19.5 Å². The topological polar surface area (TPSA) is 94.2 Å². The zero-order chi connectivity index (χ0) is 22.4. The fraction of sp³-hybridized carbons (Fsp3) is 0.381. The summed E-state index contributed by atoms with van der Waals surface area (Å²) in [6, 6.07) is 12.1. The maximum absolute atomic E-state index is 12.2. The van der Waals surface area contributed by atoms with E-state index < -0.39 is 10.0 Å². The number of benzene rings is 2. The quantitative estimate of drug-likeness (QED) is 0.608. The van der Waals surface area contributed by atoms with Crippen molar-refractivity contribution in [1.82, 2.24) is 5.32 Å². The lowest BCUT2D eigenvalue weighted by Gasteiger charge is -2.26. The Kier molecular flexibility index (Phi) is 7.50. The number of rotatable bonds is 9. The molecule has 1 atom stereocenters. The molecule has 0 saturated heterocycles. The fourth-order valence-corrected chi connectivity index (χ4v) is 4.37. The first-order valence-electron chi connectivity index (χ1n) is 9.74. The summed E-state index contributed by atoms with van der Waals surface area (Å²) >= 11 is 6.12. The number of amides is 1. The van der Waals surface area contributed by atoms with Crippen LogP contribution in [0.5, 0.6) is 17.2 Å². The van der Waals surface area contributed by atoms with Gasteiger partial charge in [0.2, 0.25) is 15.9 Å². The van der Waals surface area contributed by atoms with Crippen molar-refractivity contribution < 1.29 is 27.4 Å². The minimum Gasteiger partial charge on any atom is -0.495 e. The van der Waals surface area contributed by atoms with Crippen LogP contribution in [0, 0.1) is 0 Å². The molecule has 0 unspecified atom stereocenters. The molecule has 0 aromatic heterocycles. The molecule has 8 nitrogen and oxygen atoms in total. The number of nitrogens with one attached hydrogen (secondary N) is 1. The van der Waals surface area contributed by atoms with Gasteiger partial charge in [0.05, 0.1) is 30.6 Å². The number of fused-ring (bicyclic) bond motifs is 1. The summed E-state index contributed by atoms with van der Waals surface area (Å²) in [5.74, 6) is 1.60. The highest BCUT2D eigenvalue weighted by molar-refractivity contribution is 7.92. The van der Waals surface area contributed by atoms with E-state index in [0.717, 1.165) is 6.26 Å². The average Bonchev–Trinajstić information content (AvgIpc) is 2.74. The predicted molar refractivity (Wildman–Crippen MR) is 119 cm³/mol. The smallest absolute Gasteiger partial charge is 0.232 e. The molecule has 1 heterocycles. The normalized spacial score (nSPS) is 15.3. The zero-order valence-electron chi connectivity index (χ0n) is 17.3. The van der Waals surface area contributed by atoms with Gasteiger partial charge in [-0.15, -0.1) is 0 Å². The van der Waals surface area contributed by atoms with Crippen molar-refractivity contribution in [3.8, 4) is 17.2 Å². The van der Waals surface area contributed by atoms with Gasteiger partial charge in [-0.3, -0.25) is 9.10 Å². The third kappa shape index (κ3) is 6.18. The van der Waals surface area contributed by atoms with Gasteiger partial charge in [0.1, 0.15) is 18.5 Å². The van der Waals surface area contributed by atoms with Crippen LogP contribution in [0.3, 0.4) is 0 Å². The van der Waals surface area contributed by atoms with Gasteiger partial charge in [0.25, 0.3) is 0 Å². The van der Waals surface area contributed by atoms with Crippen LogP contribution in [0.4, 0.5) is 5.69 Å². The Morgan fingerprint density at radius 2 is 2.00 bits per heavy atom. The van der Waals surface area contributed by atoms with Gasteiger partial charge in [0, 0.05) is 13.0 Å². The highest BCUT2D eigenvalue weighted by Crippen LogP contribution is 2.31. The van der Waals surface area contributed by atoms with Crippen LogP contribution in [-0.2, 0) is 14.8 Å². The van der Waals surface area contributed by atoms with Crippen molar-refractivity contribution in [2.75, 3.05) is 37.4 Å². The molecule has 1 N–H and O–H groups in total. The molecule has 0 spiro atoms. The van der Waals surface area contributed by atoms with Crippen LogP contribution in [0.2, 0.25) is 5.02 Å². The lowest BCUT2D eigenvalue weighted by Crippen LogP contribution is -2.41. The molecule has 10 heteroatoms. The first-order chi connectivity index (χ1) is 14.8. The number of ether oxygens (including phenoxy) is 3. The second-order valence-corrected chi connectivity index (χ2v) is 9.37. The summed E-state index contributed by atoms with van der Waals surface area (Å²) in [7, 11) is -2.06. The SMILES string of the molecule is COc1ccc(N(CCCC(=O)NC[C@H]2COc3ccccc3O2)S(C)(=O)=O)cc1Cl. The molecule has 0 radical (unpaired) electrons. The number of para-hydroxylation sites is 2. The predicted octanol–water partition coefficient (Wildman–Crippen LogP) is 2.85. The monoisotopic (exact) mass is 468 g/mol. The van der Waals surface area contributed by atoms with E-state index in [2.05, 4.69) is 5.32 Å². The number of hydrogen-bond donors (Lipinski definition) is 1. The lowest BCUT2D eigenvalue weighted by atomic mass is 10.2. The molecule has 0 aliphatic carbocycles. The summed E-state index contributed by atoms with van der Waals surface area (Å²) in [4.78, 5) is 12.2. The molecular formula is C21H25ClN2O6S. The Morgan fingerprint density at radius 3 is 2.68 bits per heavy atom. The summed E-state index contributed by atoms with van der Waals surface area (Å²) in [5.41, 5.74) is 0.417. The van der Waals surface area contributed by atoms with Gasteiger partial charge in [-0.05, 0) is 36.8 Å². The Bertz CT molecular complexity index is 1030. The minimum atomic E-state index is -3.54. The van der Waals surface area contributed by atoms with Crippen LogP contribution in [0.25, 0.3) is 0 Å². The fourth-order valence-electron chi connectivity index (χ4n) is 3.16. The van der Waals surface area contributed by atoms with Gasteiger partial charge in [-0.1, -0.05) is 23.7 Å². The van der Waals surface area contributed by atoms with Gasteiger partial charge in [-0.25, -0.2) is 8.42 Å². The molecule has 1 aliphatic heterocycles. The van der Waals surface area contributed by atoms with E-state index >= 15 is 0 Å². The third-order valence-electron chi connectivity index (χ3n) is 4.68. The van der Waals surface area contributed by atoms with E-state index in [9.17, 15) is 13.2 Å². The van der Waals surface area contributed by atoms with Crippen molar-refractivity contribution >= 4 is 33.2 Å². The molecule has 2 aromatic rings. The zero-order valence-corrected chi connectivity index (χ0v) is 18.9. The number of methoxy groups -OCH3 is 1. The number of nitrogens with zero attached hydrogens (tertiary/aromatic N) is 1. The summed E-state index contributed by atoms with van der Waals surface area (Å²) < 4.78 is 42.2. The molecule has 168 valence electrons. The van der Waals surface area contributed by atoms with Gasteiger partial charge in [0.15, 0.2) is 11.5 Å². The van der Waals surface area contributed by atoms with Crippen LogP contribution < -0.4 is 23.8 Å². The van der Waals surface area contributed by atoms with E-state index in [4.69, 9.17) is 25.8 Å². The Labute approximate surface area is 187 Å². The first-order valence-corrected chi connectivity index (χ1v) is 12.0. The average molecular weight is 469 g/mol. The number of hydrogen-bond acceptors (Lipinski definition) is 6. The van der Waals surface area contributed by atoms with E-state index in [1.807, 2.05) is 24.3 Å². The molecule has 1 aliphatic rings. The highest BCUT2D eigenvalue weighted by Gasteiger charge is 2.22. The van der Waals surface area contributed by atoms with Gasteiger partial charge >= 0.3 is 0 Å². The third-order valence-corrected chi connectivity index (χ3v) is 6.17. The standard InChI is InChI=1S/C21H25ClN2O6S/c1-28-18-10-9-15(12-17(18)22)24(31(2,26)27)11-5-8-21(25)23-13-16-14-29-19-6-3-4-7-20(19)30-16/h3-4,6-7,9-10,12,16H,5,8,11,13-14H2,1-2H3,(H,23,25)/t16-/m0/s1. The molecule has 1 amide bonds. The Morgan fingerprint density at radius 1 is 1.26 bits per heavy atom. The van der Waals surface area contributed by atoms with Crippen molar-refractivity contribution in [2.45, 2.75) is 18.9 Å². The number of sulfonamides is 1. The Balaban J connectivity index is 1.49. The highest BCUT2D eigenvalue weighted by atomic mass is 35.5. The molecule has 3 rings (SSSR count). The van der Waals surface area contributed by atoms with Crippen LogP contribution in [-0.4, -0.2) is 53.5 Å². The molecular weight excluding hydrogens is 444 g/mol. The lowest BCUT2D eigenvalue weighted by molar-refractivity contribution is -0.121. The maximum atomic E-state index is 12.2. The minimum absolute atomic E-state index is 0.144. The Hall–Kier alpha value is -2.65. The molecule has 31 heavy (non-hydrogen) atoms. The number of halogens is 1. The second kappa shape index (κ2) is 10.1. The van der Waals surface area contributed by atoms with E-state index in [0.29, 0.717) is 47.5 Å². The maximum Gasteiger partial charge on any atom is 0.232 e. The van der Waals surface area contributed by atoms with Gasteiger partial charge in [-0.2, -0.15) is 0 Å². The number of carbonyl (C=O) groups is 1. The van der Waals surface area contributed by atoms with E-state index in [-0.39, 0.29) is 25.0 Å². The summed E-state index contributed by atoms with van der Waals surface area (Å²) in [6.45, 7) is 0.791.